The summed E-state index contributed by atoms with van der Waals surface area (Å²) in [7, 11) is 0. The summed E-state index contributed by atoms with van der Waals surface area (Å²) in [6.45, 7) is 3.18. The molecule has 0 aliphatic rings. The lowest BCUT2D eigenvalue weighted by Gasteiger charge is -2.16. The van der Waals surface area contributed by atoms with Gasteiger partial charge >= 0.3 is 0 Å². The minimum absolute atomic E-state index is 0.262. The van der Waals surface area contributed by atoms with Crippen molar-refractivity contribution >= 4 is 11.3 Å². The minimum atomic E-state index is 0.262. The molecule has 0 bridgehead atoms. The van der Waals surface area contributed by atoms with Gasteiger partial charge in [-0.3, -0.25) is 9.97 Å². The number of rotatable bonds is 6. The van der Waals surface area contributed by atoms with E-state index in [9.17, 15) is 0 Å². The van der Waals surface area contributed by atoms with Gasteiger partial charge in [0.1, 0.15) is 0 Å². The number of hydrogen-bond donors (Lipinski definition) is 1. The monoisotopic (exact) mass is 247 g/mol. The van der Waals surface area contributed by atoms with Crippen molar-refractivity contribution in [3.8, 4) is 0 Å². The SMILES string of the molecule is CCCNC(Cc1ccsc1)c1cnccn1. The number of aromatic nitrogens is 2. The van der Waals surface area contributed by atoms with Gasteiger partial charge in [0, 0.05) is 18.6 Å². The van der Waals surface area contributed by atoms with Crippen molar-refractivity contribution in [3.05, 3.63) is 46.7 Å². The van der Waals surface area contributed by atoms with Gasteiger partial charge in [0.15, 0.2) is 0 Å². The molecule has 0 fully saturated rings. The van der Waals surface area contributed by atoms with Crippen LogP contribution < -0.4 is 5.32 Å². The molecule has 0 aliphatic heterocycles. The predicted molar refractivity (Wildman–Crippen MR) is 71.1 cm³/mol. The van der Waals surface area contributed by atoms with E-state index < -0.39 is 0 Å². The van der Waals surface area contributed by atoms with Gasteiger partial charge < -0.3 is 5.32 Å². The highest BCUT2D eigenvalue weighted by Gasteiger charge is 2.12. The van der Waals surface area contributed by atoms with Gasteiger partial charge in [0.25, 0.3) is 0 Å². The Hall–Kier alpha value is -1.26. The first-order chi connectivity index (χ1) is 8.40. The lowest BCUT2D eigenvalue weighted by atomic mass is 10.1. The topological polar surface area (TPSA) is 37.8 Å². The number of thiophene rings is 1. The molecule has 17 heavy (non-hydrogen) atoms. The van der Waals surface area contributed by atoms with Crippen LogP contribution in [0.15, 0.2) is 35.4 Å². The summed E-state index contributed by atoms with van der Waals surface area (Å²) < 4.78 is 0. The van der Waals surface area contributed by atoms with Crippen molar-refractivity contribution in [2.75, 3.05) is 6.54 Å². The number of nitrogens with zero attached hydrogens (tertiary/aromatic N) is 2. The molecule has 2 rings (SSSR count). The van der Waals surface area contributed by atoms with E-state index in [0.717, 1.165) is 25.1 Å². The van der Waals surface area contributed by atoms with E-state index >= 15 is 0 Å². The molecule has 2 aromatic heterocycles. The van der Waals surface area contributed by atoms with Gasteiger partial charge in [-0.2, -0.15) is 11.3 Å². The summed E-state index contributed by atoms with van der Waals surface area (Å²) in [4.78, 5) is 8.53. The second-order valence-electron chi connectivity index (χ2n) is 3.97. The zero-order chi connectivity index (χ0) is 11.9. The van der Waals surface area contributed by atoms with E-state index in [1.807, 2.05) is 6.20 Å². The maximum Gasteiger partial charge on any atom is 0.0759 e. The van der Waals surface area contributed by atoms with Crippen molar-refractivity contribution < 1.29 is 0 Å². The van der Waals surface area contributed by atoms with Gasteiger partial charge in [-0.25, -0.2) is 0 Å². The molecule has 1 atom stereocenters. The summed E-state index contributed by atoms with van der Waals surface area (Å²) >= 11 is 1.74. The lowest BCUT2D eigenvalue weighted by molar-refractivity contribution is 0.516. The molecule has 1 N–H and O–H groups in total. The highest BCUT2D eigenvalue weighted by Crippen LogP contribution is 2.17. The zero-order valence-electron chi connectivity index (χ0n) is 9.97. The molecule has 0 radical (unpaired) electrons. The summed E-state index contributed by atoms with van der Waals surface area (Å²) in [5, 5.41) is 7.83. The van der Waals surface area contributed by atoms with Gasteiger partial charge in [0.2, 0.25) is 0 Å². The summed E-state index contributed by atoms with van der Waals surface area (Å²) in [6, 6.07) is 2.43. The fourth-order valence-corrected chi connectivity index (χ4v) is 2.42. The molecule has 0 amide bonds. The number of hydrogen-bond acceptors (Lipinski definition) is 4. The largest absolute Gasteiger partial charge is 0.308 e. The third-order valence-corrected chi connectivity index (χ3v) is 3.33. The Labute approximate surface area is 106 Å². The van der Waals surface area contributed by atoms with Crippen LogP contribution in [0, 0.1) is 0 Å². The van der Waals surface area contributed by atoms with E-state index in [2.05, 4.69) is 39.0 Å². The highest BCUT2D eigenvalue weighted by molar-refractivity contribution is 7.07. The molecule has 3 nitrogen and oxygen atoms in total. The third-order valence-electron chi connectivity index (χ3n) is 2.60. The lowest BCUT2D eigenvalue weighted by Crippen LogP contribution is -2.24. The van der Waals surface area contributed by atoms with Crippen LogP contribution >= 0.6 is 11.3 Å². The molecule has 0 saturated heterocycles. The predicted octanol–water partition coefficient (Wildman–Crippen LogP) is 2.82. The molecular formula is C13H17N3S. The zero-order valence-corrected chi connectivity index (χ0v) is 10.8. The van der Waals surface area contributed by atoms with E-state index in [1.54, 1.807) is 23.7 Å². The van der Waals surface area contributed by atoms with E-state index in [4.69, 9.17) is 0 Å². The molecule has 2 heterocycles. The van der Waals surface area contributed by atoms with Crippen molar-refractivity contribution in [1.82, 2.24) is 15.3 Å². The molecule has 2 aromatic rings. The van der Waals surface area contributed by atoms with Crippen molar-refractivity contribution in [2.45, 2.75) is 25.8 Å². The van der Waals surface area contributed by atoms with Crippen LogP contribution in [-0.4, -0.2) is 16.5 Å². The Balaban J connectivity index is 2.08. The fourth-order valence-electron chi connectivity index (χ4n) is 1.73. The van der Waals surface area contributed by atoms with E-state index in [0.29, 0.717) is 0 Å². The second kappa shape index (κ2) is 6.47. The highest BCUT2D eigenvalue weighted by atomic mass is 32.1. The Morgan fingerprint density at radius 3 is 3.00 bits per heavy atom. The van der Waals surface area contributed by atoms with Gasteiger partial charge in [-0.1, -0.05) is 6.92 Å². The summed E-state index contributed by atoms with van der Waals surface area (Å²) in [6.07, 6.45) is 7.41. The minimum Gasteiger partial charge on any atom is -0.308 e. The molecule has 0 saturated carbocycles. The Morgan fingerprint density at radius 2 is 2.35 bits per heavy atom. The van der Waals surface area contributed by atoms with E-state index in [-0.39, 0.29) is 6.04 Å². The first-order valence-corrected chi connectivity index (χ1v) is 6.84. The maximum absolute atomic E-state index is 4.39. The molecular weight excluding hydrogens is 230 g/mol. The van der Waals surface area contributed by atoms with Crippen molar-refractivity contribution in [2.24, 2.45) is 0 Å². The summed E-state index contributed by atoms with van der Waals surface area (Å²) in [5.41, 5.74) is 2.38. The first kappa shape index (κ1) is 12.2. The average molecular weight is 247 g/mol. The second-order valence-corrected chi connectivity index (χ2v) is 4.75. The van der Waals surface area contributed by atoms with Crippen LogP contribution in [0.4, 0.5) is 0 Å². The van der Waals surface area contributed by atoms with Crippen LogP contribution in [0.2, 0.25) is 0 Å². The molecule has 4 heteroatoms. The smallest absolute Gasteiger partial charge is 0.0759 e. The fraction of sp³-hybridized carbons (Fsp3) is 0.385. The van der Waals surface area contributed by atoms with Gasteiger partial charge in [-0.15, -0.1) is 0 Å². The average Bonchev–Trinajstić information content (AvgIpc) is 2.88. The molecule has 1 unspecified atom stereocenters. The summed E-state index contributed by atoms with van der Waals surface area (Å²) in [5.74, 6) is 0. The first-order valence-electron chi connectivity index (χ1n) is 5.90. The van der Waals surface area contributed by atoms with Crippen molar-refractivity contribution in [3.63, 3.8) is 0 Å². The Bertz CT molecular complexity index is 413. The molecule has 0 spiro atoms. The van der Waals surface area contributed by atoms with Crippen LogP contribution in [0.1, 0.15) is 30.6 Å². The van der Waals surface area contributed by atoms with Crippen molar-refractivity contribution in [1.29, 1.82) is 0 Å². The van der Waals surface area contributed by atoms with E-state index in [1.165, 1.54) is 5.56 Å². The van der Waals surface area contributed by atoms with Gasteiger partial charge in [-0.05, 0) is 41.8 Å². The normalized spacial score (nSPS) is 12.5. The quantitative estimate of drug-likeness (QED) is 0.853. The Morgan fingerprint density at radius 1 is 1.41 bits per heavy atom. The van der Waals surface area contributed by atoms with Crippen LogP contribution in [0.5, 0.6) is 0 Å². The molecule has 0 aliphatic carbocycles. The third kappa shape index (κ3) is 3.61. The molecule has 0 aromatic carbocycles. The Kier molecular flexibility index (Phi) is 4.64. The molecule has 90 valence electrons. The van der Waals surface area contributed by atoms with Crippen LogP contribution in [0.3, 0.4) is 0 Å². The van der Waals surface area contributed by atoms with Crippen LogP contribution in [0.25, 0.3) is 0 Å². The van der Waals surface area contributed by atoms with Crippen LogP contribution in [-0.2, 0) is 6.42 Å². The standard InChI is InChI=1S/C13H17N3S/c1-2-4-15-12(8-11-3-7-17-10-11)13-9-14-5-6-16-13/h3,5-7,9-10,12,15H,2,4,8H2,1H3. The number of nitrogens with one attached hydrogen (secondary N) is 1. The maximum atomic E-state index is 4.39. The van der Waals surface area contributed by atoms with Gasteiger partial charge in [0.05, 0.1) is 11.7 Å².